The summed E-state index contributed by atoms with van der Waals surface area (Å²) in [6, 6.07) is 14.3. The second-order valence-electron chi connectivity index (χ2n) is 6.88. The number of benzene rings is 2. The number of rotatable bonds is 6. The summed E-state index contributed by atoms with van der Waals surface area (Å²) in [4.78, 5) is 25.4. The third-order valence-corrected chi connectivity index (χ3v) is 4.93. The topological polar surface area (TPSA) is 75.5 Å². The number of nitrogens with one attached hydrogen (secondary N) is 1. The summed E-state index contributed by atoms with van der Waals surface area (Å²) >= 11 is 0. The maximum Gasteiger partial charge on any atom is 0.322 e. The minimum Gasteiger partial charge on any atom is -0.317 e. The van der Waals surface area contributed by atoms with E-state index in [2.05, 4.69) is 12.2 Å². The first kappa shape index (κ1) is 17.9. The van der Waals surface area contributed by atoms with E-state index in [-0.39, 0.29) is 17.8 Å². The summed E-state index contributed by atoms with van der Waals surface area (Å²) in [5.74, 6) is 0.524. The average molecular weight is 353 g/mol. The van der Waals surface area contributed by atoms with Crippen molar-refractivity contribution in [3.05, 3.63) is 69.8 Å². The lowest BCUT2D eigenvalue weighted by atomic mass is 10.1. The van der Waals surface area contributed by atoms with Crippen LogP contribution in [0.4, 0.5) is 16.2 Å². The molecule has 136 valence electrons. The molecule has 1 aliphatic rings. The van der Waals surface area contributed by atoms with Gasteiger partial charge in [0.2, 0.25) is 0 Å². The minimum atomic E-state index is -0.455. The van der Waals surface area contributed by atoms with Crippen molar-refractivity contribution in [1.82, 2.24) is 4.90 Å². The molecule has 1 unspecified atom stereocenters. The Hall–Kier alpha value is -2.89. The zero-order valence-corrected chi connectivity index (χ0v) is 15.0. The first-order valence-electron chi connectivity index (χ1n) is 8.82. The molecule has 6 heteroatoms. The Morgan fingerprint density at radius 2 is 1.96 bits per heavy atom. The Kier molecular flexibility index (Phi) is 5.21. The van der Waals surface area contributed by atoms with E-state index < -0.39 is 4.92 Å². The smallest absolute Gasteiger partial charge is 0.317 e. The zero-order valence-electron chi connectivity index (χ0n) is 15.0. The third kappa shape index (κ3) is 4.20. The predicted molar refractivity (Wildman–Crippen MR) is 101 cm³/mol. The number of carbonyl (C=O) groups excluding carboxylic acids is 1. The van der Waals surface area contributed by atoms with Crippen LogP contribution in [0.2, 0.25) is 0 Å². The van der Waals surface area contributed by atoms with Gasteiger partial charge in [0.1, 0.15) is 0 Å². The number of nitro benzene ring substituents is 1. The van der Waals surface area contributed by atoms with Crippen LogP contribution in [0, 0.1) is 23.0 Å². The SMILES string of the molecule is Cc1ccc([N+](=O)[O-])cc1NC(=O)N(Cc1ccccc1)C(C)C1CC1. The molecule has 0 heterocycles. The van der Waals surface area contributed by atoms with Crippen LogP contribution in [0.5, 0.6) is 0 Å². The molecule has 2 aromatic carbocycles. The van der Waals surface area contributed by atoms with Gasteiger partial charge in [0.15, 0.2) is 0 Å². The molecular weight excluding hydrogens is 330 g/mol. The van der Waals surface area contributed by atoms with Crippen molar-refractivity contribution < 1.29 is 9.72 Å². The van der Waals surface area contributed by atoms with Crippen molar-refractivity contribution in [1.29, 1.82) is 0 Å². The lowest BCUT2D eigenvalue weighted by Gasteiger charge is -2.30. The lowest BCUT2D eigenvalue weighted by Crippen LogP contribution is -2.42. The van der Waals surface area contributed by atoms with E-state index in [1.54, 1.807) is 6.07 Å². The Morgan fingerprint density at radius 3 is 2.58 bits per heavy atom. The van der Waals surface area contributed by atoms with Gasteiger partial charge in [-0.05, 0) is 43.7 Å². The average Bonchev–Trinajstić information content (AvgIpc) is 3.46. The van der Waals surface area contributed by atoms with E-state index in [9.17, 15) is 14.9 Å². The van der Waals surface area contributed by atoms with Crippen LogP contribution in [0.15, 0.2) is 48.5 Å². The quantitative estimate of drug-likeness (QED) is 0.602. The zero-order chi connectivity index (χ0) is 18.7. The Labute approximate surface area is 153 Å². The van der Waals surface area contributed by atoms with Crippen LogP contribution in [0.1, 0.15) is 30.9 Å². The monoisotopic (exact) mass is 353 g/mol. The molecule has 0 aliphatic heterocycles. The Balaban J connectivity index is 1.81. The van der Waals surface area contributed by atoms with Gasteiger partial charge >= 0.3 is 6.03 Å². The number of non-ortho nitro benzene ring substituents is 1. The highest BCUT2D eigenvalue weighted by Crippen LogP contribution is 2.36. The summed E-state index contributed by atoms with van der Waals surface area (Å²) in [5, 5.41) is 13.9. The number of hydrogen-bond donors (Lipinski definition) is 1. The van der Waals surface area contributed by atoms with Gasteiger partial charge < -0.3 is 10.2 Å². The number of hydrogen-bond acceptors (Lipinski definition) is 3. The summed E-state index contributed by atoms with van der Waals surface area (Å²) in [6.45, 7) is 4.41. The highest BCUT2D eigenvalue weighted by molar-refractivity contribution is 5.90. The van der Waals surface area contributed by atoms with E-state index >= 15 is 0 Å². The van der Waals surface area contributed by atoms with Crippen molar-refractivity contribution in [2.75, 3.05) is 5.32 Å². The van der Waals surface area contributed by atoms with Crippen molar-refractivity contribution in [2.45, 2.75) is 39.3 Å². The minimum absolute atomic E-state index is 0.0317. The number of anilines is 1. The number of nitrogens with zero attached hydrogens (tertiary/aromatic N) is 2. The molecule has 0 aromatic heterocycles. The summed E-state index contributed by atoms with van der Waals surface area (Å²) < 4.78 is 0. The van der Waals surface area contributed by atoms with E-state index in [0.29, 0.717) is 18.2 Å². The second-order valence-corrected chi connectivity index (χ2v) is 6.88. The van der Waals surface area contributed by atoms with Gasteiger partial charge in [-0.3, -0.25) is 10.1 Å². The van der Waals surface area contributed by atoms with E-state index in [1.165, 1.54) is 12.1 Å². The number of nitro groups is 1. The largest absolute Gasteiger partial charge is 0.322 e. The summed E-state index contributed by atoms with van der Waals surface area (Å²) in [5.41, 5.74) is 2.30. The molecule has 6 nitrogen and oxygen atoms in total. The Bertz CT molecular complexity index is 803. The summed E-state index contributed by atoms with van der Waals surface area (Å²) in [6.07, 6.45) is 2.27. The van der Waals surface area contributed by atoms with Crippen molar-refractivity contribution in [3.8, 4) is 0 Å². The lowest BCUT2D eigenvalue weighted by molar-refractivity contribution is -0.384. The van der Waals surface area contributed by atoms with Crippen LogP contribution < -0.4 is 5.32 Å². The molecule has 0 radical (unpaired) electrons. The highest BCUT2D eigenvalue weighted by atomic mass is 16.6. The second kappa shape index (κ2) is 7.56. The molecular formula is C20H23N3O3. The standard InChI is InChI=1S/C20H23N3O3/c1-14-8-11-18(23(25)26)12-19(14)21-20(24)22(15(2)17-9-10-17)13-16-6-4-3-5-7-16/h3-8,11-12,15,17H,9-10,13H2,1-2H3,(H,21,24). The van der Waals surface area contributed by atoms with Crippen molar-refractivity contribution in [2.24, 2.45) is 5.92 Å². The van der Waals surface area contributed by atoms with Crippen molar-refractivity contribution >= 4 is 17.4 Å². The third-order valence-electron chi connectivity index (χ3n) is 4.93. The van der Waals surface area contributed by atoms with Gasteiger partial charge in [-0.25, -0.2) is 4.79 Å². The first-order chi connectivity index (χ1) is 12.5. The molecule has 0 spiro atoms. The van der Waals surface area contributed by atoms with Crippen LogP contribution in [-0.2, 0) is 6.54 Å². The number of aryl methyl sites for hydroxylation is 1. The van der Waals surface area contributed by atoms with E-state index in [4.69, 9.17) is 0 Å². The fourth-order valence-corrected chi connectivity index (χ4v) is 3.06. The molecule has 1 N–H and O–H groups in total. The normalized spacial score (nSPS) is 14.5. The Morgan fingerprint density at radius 1 is 1.27 bits per heavy atom. The number of amides is 2. The van der Waals surface area contributed by atoms with Crippen LogP contribution in [0.25, 0.3) is 0 Å². The van der Waals surface area contributed by atoms with Gasteiger partial charge in [-0.2, -0.15) is 0 Å². The summed E-state index contributed by atoms with van der Waals surface area (Å²) in [7, 11) is 0. The van der Waals surface area contributed by atoms with Crippen LogP contribution in [0.3, 0.4) is 0 Å². The molecule has 2 amide bonds. The van der Waals surface area contributed by atoms with Crippen LogP contribution in [-0.4, -0.2) is 21.9 Å². The van der Waals surface area contributed by atoms with Gasteiger partial charge in [0.05, 0.1) is 10.6 Å². The fraction of sp³-hybridized carbons (Fsp3) is 0.350. The van der Waals surface area contributed by atoms with E-state index in [1.807, 2.05) is 42.2 Å². The molecule has 1 aliphatic carbocycles. The molecule has 3 rings (SSSR count). The van der Waals surface area contributed by atoms with E-state index in [0.717, 1.165) is 24.0 Å². The fourth-order valence-electron chi connectivity index (χ4n) is 3.06. The number of carbonyl (C=O) groups is 1. The van der Waals surface area contributed by atoms with Gasteiger partial charge in [0.25, 0.3) is 5.69 Å². The first-order valence-corrected chi connectivity index (χ1v) is 8.82. The maximum atomic E-state index is 13.0. The van der Waals surface area contributed by atoms with Gasteiger partial charge in [-0.15, -0.1) is 0 Å². The van der Waals surface area contributed by atoms with Crippen molar-refractivity contribution in [3.63, 3.8) is 0 Å². The number of urea groups is 1. The van der Waals surface area contributed by atoms with Crippen LogP contribution >= 0.6 is 0 Å². The molecule has 1 saturated carbocycles. The maximum absolute atomic E-state index is 13.0. The predicted octanol–water partition coefficient (Wildman–Crippen LogP) is 4.74. The molecule has 26 heavy (non-hydrogen) atoms. The molecule has 0 bridgehead atoms. The molecule has 0 saturated heterocycles. The molecule has 1 atom stereocenters. The van der Waals surface area contributed by atoms with Gasteiger partial charge in [0, 0.05) is 24.7 Å². The highest BCUT2D eigenvalue weighted by Gasteiger charge is 2.34. The molecule has 2 aromatic rings. The molecule has 1 fully saturated rings. The van der Waals surface area contributed by atoms with Gasteiger partial charge in [-0.1, -0.05) is 36.4 Å².